The Balaban J connectivity index is 0.000000184. The highest BCUT2D eigenvalue weighted by molar-refractivity contribution is 7.89. The van der Waals surface area contributed by atoms with E-state index in [9.17, 15) is 39.6 Å². The molecule has 1 unspecified atom stereocenters. The van der Waals surface area contributed by atoms with Gasteiger partial charge < -0.3 is 0 Å². The summed E-state index contributed by atoms with van der Waals surface area (Å²) in [6.07, 6.45) is 10.1. The van der Waals surface area contributed by atoms with Gasteiger partial charge >= 0.3 is 5.25 Å². The fourth-order valence-corrected chi connectivity index (χ4v) is 8.28. The van der Waals surface area contributed by atoms with E-state index in [-0.39, 0.29) is 27.2 Å². The van der Waals surface area contributed by atoms with Crippen LogP contribution in [0, 0.1) is 0 Å². The summed E-state index contributed by atoms with van der Waals surface area (Å²) in [5.41, 5.74) is -0.197. The SMILES string of the molecule is CN(C)S(=O)(=O)C(F)(F)c1ccc2ccc3ncc(-c4cnn(C)c4)cc3c(=O)c2c1.CN(C)S(=O)(=O)C(F)c1ccc2ccc3ncc(-c4cnn(C)c4)cc3c(=O)c2c1. The number of halogens is 3. The molecule has 0 amide bonds. The lowest BCUT2D eigenvalue weighted by Crippen LogP contribution is -2.36. The minimum atomic E-state index is -4.93. The largest absolute Gasteiger partial charge is 0.384 e. The van der Waals surface area contributed by atoms with E-state index in [4.69, 9.17) is 0 Å². The molecule has 0 radical (unpaired) electrons. The highest BCUT2D eigenvalue weighted by Gasteiger charge is 2.48. The van der Waals surface area contributed by atoms with Crippen molar-refractivity contribution in [2.75, 3.05) is 28.2 Å². The molecular weight excluding hydrogens is 834 g/mol. The molecule has 4 aromatic carbocycles. The van der Waals surface area contributed by atoms with Crippen molar-refractivity contribution in [2.45, 2.75) is 10.8 Å². The van der Waals surface area contributed by atoms with E-state index in [2.05, 4.69) is 20.2 Å². The number of sulfonamides is 2. The van der Waals surface area contributed by atoms with Crippen molar-refractivity contribution in [3.8, 4) is 22.3 Å². The zero-order valence-electron chi connectivity index (χ0n) is 33.4. The number of aryl methyl sites for hydroxylation is 2. The number of nitrogens with zero attached hydrogens (tertiary/aromatic N) is 8. The van der Waals surface area contributed by atoms with Crippen molar-refractivity contribution in [3.05, 3.63) is 142 Å². The van der Waals surface area contributed by atoms with Crippen LogP contribution in [-0.4, -0.2) is 83.2 Å². The van der Waals surface area contributed by atoms with Crippen molar-refractivity contribution in [1.29, 1.82) is 0 Å². The Kier molecular flexibility index (Phi) is 11.1. The van der Waals surface area contributed by atoms with Gasteiger partial charge in [-0.1, -0.05) is 36.4 Å². The van der Waals surface area contributed by atoms with Gasteiger partial charge in [0, 0.05) is 122 Å². The molecule has 0 N–H and O–H groups in total. The average Bonchev–Trinajstić information content (AvgIpc) is 3.82. The zero-order valence-corrected chi connectivity index (χ0v) is 35.1. The third kappa shape index (κ3) is 7.87. The molecule has 61 heavy (non-hydrogen) atoms. The van der Waals surface area contributed by atoms with Crippen LogP contribution in [0.2, 0.25) is 0 Å². The first-order valence-corrected chi connectivity index (χ1v) is 21.2. The molecule has 1 atom stereocenters. The van der Waals surface area contributed by atoms with Crippen LogP contribution in [0.3, 0.4) is 0 Å². The van der Waals surface area contributed by atoms with E-state index in [1.807, 2.05) is 6.20 Å². The molecule has 0 aliphatic heterocycles. The topological polar surface area (TPSA) is 170 Å². The highest BCUT2D eigenvalue weighted by Crippen LogP contribution is 2.37. The maximum Gasteiger partial charge on any atom is 0.384 e. The Morgan fingerprint density at radius 2 is 1.05 bits per heavy atom. The Bertz CT molecular complexity index is 3400. The zero-order chi connectivity index (χ0) is 44.2. The smallest absolute Gasteiger partial charge is 0.289 e. The predicted molar refractivity (Wildman–Crippen MR) is 228 cm³/mol. The van der Waals surface area contributed by atoms with Gasteiger partial charge in [0.1, 0.15) is 0 Å². The summed E-state index contributed by atoms with van der Waals surface area (Å²) in [5.74, 6) is 0. The standard InChI is InChI=1S/C21H18F2N4O3S.C21H19FN4O3S/c1-26(2)31(29,30)21(22,23)16-6-4-13-5-7-19-18(20(28)17(13)9-16)8-14(10-24-19)15-11-25-27(3)12-15;1-25(2)30(28,29)21(22)14-5-4-13-6-7-19-18(20(27)17(13)8-14)9-15(10-23-19)16-11-24-26(3)12-16/h4-12H,1-3H3;4-12,21H,1-3H3. The van der Waals surface area contributed by atoms with Gasteiger partial charge in [-0.25, -0.2) is 29.8 Å². The van der Waals surface area contributed by atoms with Crippen LogP contribution in [0.1, 0.15) is 16.6 Å². The Morgan fingerprint density at radius 1 is 0.590 bits per heavy atom. The number of pyridine rings is 2. The van der Waals surface area contributed by atoms with Crippen LogP contribution in [-0.2, 0) is 39.4 Å². The molecule has 0 bridgehead atoms. The first-order chi connectivity index (χ1) is 28.7. The molecule has 0 fully saturated rings. The van der Waals surface area contributed by atoms with Crippen molar-refractivity contribution in [1.82, 2.24) is 38.1 Å². The molecule has 4 aromatic heterocycles. The van der Waals surface area contributed by atoms with Crippen molar-refractivity contribution in [2.24, 2.45) is 14.1 Å². The van der Waals surface area contributed by atoms with Crippen LogP contribution < -0.4 is 10.9 Å². The fourth-order valence-electron chi connectivity index (χ4n) is 6.54. The van der Waals surface area contributed by atoms with E-state index in [0.717, 1.165) is 47.2 Å². The molecule has 0 aliphatic carbocycles. The Morgan fingerprint density at radius 3 is 1.49 bits per heavy atom. The molecular formula is C42H37F3N8O6S2. The predicted octanol–water partition coefficient (Wildman–Crippen LogP) is 6.10. The normalized spacial score (nSPS) is 13.0. The minimum Gasteiger partial charge on any atom is -0.289 e. The summed E-state index contributed by atoms with van der Waals surface area (Å²) in [6, 6.07) is 17.5. The Labute approximate surface area is 347 Å². The first-order valence-electron chi connectivity index (χ1n) is 18.3. The number of fused-ring (bicyclic) bond motifs is 4. The molecule has 4 heterocycles. The van der Waals surface area contributed by atoms with E-state index in [1.54, 1.807) is 96.9 Å². The van der Waals surface area contributed by atoms with Crippen molar-refractivity contribution >= 4 is 63.4 Å². The second kappa shape index (κ2) is 15.9. The molecule has 0 spiro atoms. The van der Waals surface area contributed by atoms with E-state index in [1.165, 1.54) is 32.3 Å². The van der Waals surface area contributed by atoms with E-state index >= 15 is 0 Å². The van der Waals surface area contributed by atoms with Gasteiger partial charge in [-0.2, -0.15) is 19.0 Å². The lowest BCUT2D eigenvalue weighted by molar-refractivity contribution is 0.0843. The number of aromatic nitrogens is 6. The summed E-state index contributed by atoms with van der Waals surface area (Å²) in [6.45, 7) is 0. The molecule has 0 aliphatic rings. The van der Waals surface area contributed by atoms with Gasteiger partial charge in [0.15, 0.2) is 10.9 Å². The molecule has 8 rings (SSSR count). The second-order valence-electron chi connectivity index (χ2n) is 14.5. The maximum absolute atomic E-state index is 14.8. The second-order valence-corrected chi connectivity index (χ2v) is 18.9. The number of hydrogen-bond acceptors (Lipinski definition) is 10. The third-order valence-corrected chi connectivity index (χ3v) is 13.7. The third-order valence-electron chi connectivity index (χ3n) is 10.0. The van der Waals surface area contributed by atoms with Crippen LogP contribution in [0.4, 0.5) is 13.2 Å². The van der Waals surface area contributed by atoms with Crippen LogP contribution in [0.5, 0.6) is 0 Å². The number of alkyl halides is 3. The summed E-state index contributed by atoms with van der Waals surface area (Å²) < 4.78 is 97.5. The quantitative estimate of drug-likeness (QED) is 0.174. The van der Waals surface area contributed by atoms with Gasteiger partial charge in [0.25, 0.3) is 10.0 Å². The maximum atomic E-state index is 14.8. The number of benzene rings is 2. The molecule has 0 saturated heterocycles. The monoisotopic (exact) mass is 870 g/mol. The fraction of sp³-hybridized carbons (Fsp3) is 0.190. The summed E-state index contributed by atoms with van der Waals surface area (Å²) >= 11 is 0. The van der Waals surface area contributed by atoms with Gasteiger partial charge in [-0.15, -0.1) is 0 Å². The lowest BCUT2D eigenvalue weighted by atomic mass is 10.1. The Hall–Kier alpha value is -6.41. The molecule has 314 valence electrons. The van der Waals surface area contributed by atoms with E-state index in [0.29, 0.717) is 37.1 Å². The van der Waals surface area contributed by atoms with Crippen molar-refractivity contribution < 1.29 is 30.0 Å². The molecule has 8 aromatic rings. The van der Waals surface area contributed by atoms with Crippen LogP contribution in [0.15, 0.2) is 120 Å². The lowest BCUT2D eigenvalue weighted by Gasteiger charge is -2.21. The molecule has 0 saturated carbocycles. The first kappa shape index (κ1) is 42.7. The van der Waals surface area contributed by atoms with Crippen LogP contribution in [0.25, 0.3) is 65.6 Å². The van der Waals surface area contributed by atoms with Crippen molar-refractivity contribution in [3.63, 3.8) is 0 Å². The summed E-state index contributed by atoms with van der Waals surface area (Å²) in [5, 5.41) is 5.79. The molecule has 19 heteroatoms. The van der Waals surface area contributed by atoms with Gasteiger partial charge in [0.05, 0.1) is 23.4 Å². The van der Waals surface area contributed by atoms with Crippen LogP contribution >= 0.6 is 0 Å². The number of hydrogen-bond donors (Lipinski definition) is 0. The van der Waals surface area contributed by atoms with Gasteiger partial charge in [0.2, 0.25) is 15.5 Å². The average molecular weight is 871 g/mol. The molecule has 14 nitrogen and oxygen atoms in total. The minimum absolute atomic E-state index is 0.0220. The summed E-state index contributed by atoms with van der Waals surface area (Å²) in [7, 11) is -0.962. The van der Waals surface area contributed by atoms with Gasteiger partial charge in [-0.3, -0.25) is 28.9 Å². The number of rotatable bonds is 8. The summed E-state index contributed by atoms with van der Waals surface area (Å²) in [4.78, 5) is 35.3. The highest BCUT2D eigenvalue weighted by atomic mass is 32.2. The van der Waals surface area contributed by atoms with Gasteiger partial charge in [-0.05, 0) is 47.2 Å². The van der Waals surface area contributed by atoms with E-state index < -0.39 is 41.8 Å².